The van der Waals surface area contributed by atoms with Crippen molar-refractivity contribution in [2.24, 2.45) is 0 Å². The first-order chi connectivity index (χ1) is 17.5. The van der Waals surface area contributed by atoms with Gasteiger partial charge in [-0.2, -0.15) is 13.2 Å². The van der Waals surface area contributed by atoms with E-state index in [9.17, 15) is 27.6 Å². The molecule has 0 aromatic heterocycles. The van der Waals surface area contributed by atoms with Crippen molar-refractivity contribution in [1.82, 2.24) is 10.9 Å². The maximum atomic E-state index is 13.2. The summed E-state index contributed by atoms with van der Waals surface area (Å²) in [4.78, 5) is 38.7. The SMILES string of the molecule is O=C(NN[C@@H]1CC(=O)N(c2ccc(Cl)c(C(F)(F)F)c2)C1=O)c1ccccc1OCc1ccc(Cl)cc1. The van der Waals surface area contributed by atoms with Crippen LogP contribution in [-0.4, -0.2) is 23.8 Å². The number of nitrogens with one attached hydrogen (secondary N) is 2. The van der Waals surface area contributed by atoms with Crippen molar-refractivity contribution < 1.29 is 32.3 Å². The van der Waals surface area contributed by atoms with Gasteiger partial charge in [0.05, 0.1) is 28.3 Å². The van der Waals surface area contributed by atoms with Crippen molar-refractivity contribution in [1.29, 1.82) is 0 Å². The maximum Gasteiger partial charge on any atom is 0.417 e. The van der Waals surface area contributed by atoms with Gasteiger partial charge in [0, 0.05) is 5.02 Å². The highest BCUT2D eigenvalue weighted by Crippen LogP contribution is 2.37. The molecule has 3 aromatic carbocycles. The normalized spacial score (nSPS) is 15.7. The predicted molar refractivity (Wildman–Crippen MR) is 130 cm³/mol. The molecule has 0 unspecified atom stereocenters. The summed E-state index contributed by atoms with van der Waals surface area (Å²) >= 11 is 11.5. The lowest BCUT2D eigenvalue weighted by atomic mass is 10.2. The van der Waals surface area contributed by atoms with Crippen LogP contribution in [0.5, 0.6) is 5.75 Å². The summed E-state index contributed by atoms with van der Waals surface area (Å²) in [5.74, 6) is -1.93. The lowest BCUT2D eigenvalue weighted by Gasteiger charge is -2.18. The number of hydrogen-bond donors (Lipinski definition) is 2. The number of alkyl halides is 3. The van der Waals surface area contributed by atoms with Crippen LogP contribution in [-0.2, 0) is 22.4 Å². The first-order valence-corrected chi connectivity index (χ1v) is 11.6. The van der Waals surface area contributed by atoms with Crippen molar-refractivity contribution >= 4 is 46.6 Å². The Balaban J connectivity index is 1.42. The van der Waals surface area contributed by atoms with Crippen LogP contribution >= 0.6 is 23.2 Å². The number of nitrogens with zero attached hydrogens (tertiary/aromatic N) is 1. The smallest absolute Gasteiger partial charge is 0.417 e. The molecular weight excluding hydrogens is 534 g/mol. The van der Waals surface area contributed by atoms with Gasteiger partial charge in [-0.25, -0.2) is 10.3 Å². The summed E-state index contributed by atoms with van der Waals surface area (Å²) in [5.41, 5.74) is 4.39. The molecule has 3 amide bonds. The van der Waals surface area contributed by atoms with Gasteiger partial charge in [0.2, 0.25) is 5.91 Å². The third-order valence-electron chi connectivity index (χ3n) is 5.46. The Morgan fingerprint density at radius 3 is 2.43 bits per heavy atom. The van der Waals surface area contributed by atoms with Crippen LogP contribution in [0.25, 0.3) is 0 Å². The first kappa shape index (κ1) is 26.5. The monoisotopic (exact) mass is 551 g/mol. The summed E-state index contributed by atoms with van der Waals surface area (Å²) in [6, 6.07) is 14.9. The number of carbonyl (C=O) groups is 3. The maximum absolute atomic E-state index is 13.2. The van der Waals surface area contributed by atoms with Crippen LogP contribution in [0.1, 0.15) is 27.9 Å². The molecule has 0 spiro atoms. The molecule has 0 aliphatic carbocycles. The second-order valence-corrected chi connectivity index (χ2v) is 8.84. The van der Waals surface area contributed by atoms with Crippen LogP contribution in [0, 0.1) is 0 Å². The lowest BCUT2D eigenvalue weighted by molar-refractivity contribution is -0.137. The molecule has 192 valence electrons. The Labute approximate surface area is 219 Å². The highest BCUT2D eigenvalue weighted by atomic mass is 35.5. The largest absolute Gasteiger partial charge is 0.488 e. The lowest BCUT2D eigenvalue weighted by Crippen LogP contribution is -2.48. The van der Waals surface area contributed by atoms with Gasteiger partial charge in [0.25, 0.3) is 11.8 Å². The molecule has 7 nitrogen and oxygen atoms in total. The van der Waals surface area contributed by atoms with Crippen LogP contribution < -0.4 is 20.5 Å². The van der Waals surface area contributed by atoms with E-state index in [0.29, 0.717) is 16.0 Å². The molecule has 4 rings (SSSR count). The Kier molecular flexibility index (Phi) is 7.72. The van der Waals surface area contributed by atoms with E-state index >= 15 is 0 Å². The van der Waals surface area contributed by atoms with E-state index in [0.717, 1.165) is 17.7 Å². The second kappa shape index (κ2) is 10.8. The number of hydrazine groups is 1. The number of rotatable bonds is 7. The van der Waals surface area contributed by atoms with E-state index in [4.69, 9.17) is 27.9 Å². The molecule has 1 atom stereocenters. The molecule has 3 aromatic rings. The summed E-state index contributed by atoms with van der Waals surface area (Å²) in [7, 11) is 0. The molecule has 1 aliphatic rings. The van der Waals surface area contributed by atoms with Crippen molar-refractivity contribution in [2.75, 3.05) is 4.90 Å². The van der Waals surface area contributed by atoms with Crippen molar-refractivity contribution in [2.45, 2.75) is 25.2 Å². The van der Waals surface area contributed by atoms with E-state index in [2.05, 4.69) is 10.9 Å². The number of carbonyl (C=O) groups excluding carboxylic acids is 3. The zero-order chi connectivity index (χ0) is 26.7. The van der Waals surface area contributed by atoms with Gasteiger partial charge in [0.1, 0.15) is 18.4 Å². The van der Waals surface area contributed by atoms with Crippen LogP contribution in [0.15, 0.2) is 66.7 Å². The minimum absolute atomic E-state index is 0.158. The number of hydrogen-bond acceptors (Lipinski definition) is 5. The van der Waals surface area contributed by atoms with Crippen LogP contribution in [0.3, 0.4) is 0 Å². The van der Waals surface area contributed by atoms with Gasteiger partial charge in [-0.3, -0.25) is 19.8 Å². The molecule has 1 fully saturated rings. The highest BCUT2D eigenvalue weighted by molar-refractivity contribution is 6.32. The van der Waals surface area contributed by atoms with Crippen molar-refractivity contribution in [3.8, 4) is 5.75 Å². The Bertz CT molecular complexity index is 1350. The van der Waals surface area contributed by atoms with Gasteiger partial charge in [-0.05, 0) is 48.0 Å². The van der Waals surface area contributed by atoms with E-state index in [1.807, 2.05) is 0 Å². The Morgan fingerprint density at radius 1 is 1.03 bits per heavy atom. The van der Waals surface area contributed by atoms with Crippen molar-refractivity contribution in [3.05, 3.63) is 93.5 Å². The molecule has 0 radical (unpaired) electrons. The third-order valence-corrected chi connectivity index (χ3v) is 6.04. The van der Waals surface area contributed by atoms with Crippen LogP contribution in [0.4, 0.5) is 18.9 Å². The first-order valence-electron chi connectivity index (χ1n) is 10.8. The number of benzene rings is 3. The fourth-order valence-corrected chi connectivity index (χ4v) is 3.98. The number of imide groups is 1. The third kappa shape index (κ3) is 6.04. The van der Waals surface area contributed by atoms with E-state index in [1.165, 1.54) is 6.07 Å². The minimum atomic E-state index is -4.77. The number of anilines is 1. The molecular formula is C25H18Cl2F3N3O4. The standard InChI is InChI=1S/C25H18Cl2F3N3O4/c26-15-7-5-14(6-8-15)13-37-21-4-2-1-3-17(21)23(35)32-31-20-12-22(34)33(24(20)36)16-9-10-19(27)18(11-16)25(28,29)30/h1-11,20,31H,12-13H2,(H,32,35)/t20-/m1/s1. The number of para-hydroxylation sites is 1. The molecule has 12 heteroatoms. The average Bonchev–Trinajstić information content (AvgIpc) is 3.14. The van der Waals surface area contributed by atoms with E-state index in [1.54, 1.807) is 42.5 Å². The van der Waals surface area contributed by atoms with Crippen LogP contribution in [0.2, 0.25) is 10.0 Å². The fraction of sp³-hybridized carbons (Fsp3) is 0.160. The number of ether oxygens (including phenoxy) is 1. The van der Waals surface area contributed by atoms with Gasteiger partial charge in [0.15, 0.2) is 0 Å². The van der Waals surface area contributed by atoms with Gasteiger partial charge >= 0.3 is 6.18 Å². The quantitative estimate of drug-likeness (QED) is 0.313. The molecule has 1 aliphatic heterocycles. The zero-order valence-electron chi connectivity index (χ0n) is 18.8. The summed E-state index contributed by atoms with van der Waals surface area (Å²) in [6.45, 7) is 0.167. The topological polar surface area (TPSA) is 87.7 Å². The summed E-state index contributed by atoms with van der Waals surface area (Å²) in [5, 5.41) is 0.0131. The fourth-order valence-electron chi connectivity index (χ4n) is 3.63. The molecule has 37 heavy (non-hydrogen) atoms. The predicted octanol–water partition coefficient (Wildman–Crippen LogP) is 5.16. The molecule has 2 N–H and O–H groups in total. The highest BCUT2D eigenvalue weighted by Gasteiger charge is 2.41. The van der Waals surface area contributed by atoms with Gasteiger partial charge in [-0.1, -0.05) is 47.5 Å². The summed E-state index contributed by atoms with van der Waals surface area (Å²) in [6.07, 6.45) is -5.15. The van der Waals surface area contributed by atoms with Crippen molar-refractivity contribution in [3.63, 3.8) is 0 Å². The molecule has 0 bridgehead atoms. The Hall–Kier alpha value is -3.60. The minimum Gasteiger partial charge on any atom is -0.488 e. The van der Waals surface area contributed by atoms with E-state index in [-0.39, 0.29) is 30.0 Å². The molecule has 1 saturated heterocycles. The van der Waals surface area contributed by atoms with Gasteiger partial charge in [-0.15, -0.1) is 0 Å². The molecule has 1 heterocycles. The number of amides is 3. The molecule has 0 saturated carbocycles. The Morgan fingerprint density at radius 2 is 1.73 bits per heavy atom. The number of halogens is 5. The second-order valence-electron chi connectivity index (χ2n) is 8.00. The van der Waals surface area contributed by atoms with Gasteiger partial charge < -0.3 is 4.74 Å². The summed E-state index contributed by atoms with van der Waals surface area (Å²) < 4.78 is 45.4. The average molecular weight is 552 g/mol. The zero-order valence-corrected chi connectivity index (χ0v) is 20.3. The van der Waals surface area contributed by atoms with E-state index < -0.39 is 40.5 Å².